The van der Waals surface area contributed by atoms with Crippen LogP contribution in [0.25, 0.3) is 10.1 Å². The Balaban J connectivity index is 2.16. The van der Waals surface area contributed by atoms with Crippen molar-refractivity contribution in [3.05, 3.63) is 29.6 Å². The summed E-state index contributed by atoms with van der Waals surface area (Å²) >= 11 is 1.65. The van der Waals surface area contributed by atoms with Crippen LogP contribution in [-0.2, 0) is 4.79 Å². The Kier molecular flexibility index (Phi) is 4.57. The summed E-state index contributed by atoms with van der Waals surface area (Å²) < 4.78 is 1.17. The van der Waals surface area contributed by atoms with Crippen molar-refractivity contribution in [2.75, 3.05) is 5.32 Å². The first-order chi connectivity index (χ1) is 9.65. The van der Waals surface area contributed by atoms with E-state index in [9.17, 15) is 4.79 Å². The zero-order valence-corrected chi connectivity index (χ0v) is 12.0. The molecule has 4 N–H and O–H groups in total. The van der Waals surface area contributed by atoms with Gasteiger partial charge in [-0.05, 0) is 41.5 Å². The second kappa shape index (κ2) is 6.38. The summed E-state index contributed by atoms with van der Waals surface area (Å²) in [6.45, 7) is 1.95. The number of anilines is 1. The van der Waals surface area contributed by atoms with Gasteiger partial charge in [0.2, 0.25) is 5.91 Å². The maximum atomic E-state index is 12.2. The van der Waals surface area contributed by atoms with Gasteiger partial charge in [0.25, 0.3) is 0 Å². The van der Waals surface area contributed by atoms with Crippen LogP contribution < -0.4 is 11.1 Å². The molecule has 1 atom stereocenters. The highest BCUT2D eigenvalue weighted by atomic mass is 32.1. The van der Waals surface area contributed by atoms with Gasteiger partial charge in [0, 0.05) is 10.4 Å². The van der Waals surface area contributed by atoms with Crippen molar-refractivity contribution < 1.29 is 10.0 Å². The third-order valence-electron chi connectivity index (χ3n) is 3.09. The maximum Gasteiger partial charge on any atom is 0.235 e. The van der Waals surface area contributed by atoms with Gasteiger partial charge in [-0.2, -0.15) is 0 Å². The molecule has 0 bridgehead atoms. The van der Waals surface area contributed by atoms with E-state index in [-0.39, 0.29) is 11.7 Å². The van der Waals surface area contributed by atoms with Crippen molar-refractivity contribution in [1.29, 1.82) is 0 Å². The smallest absolute Gasteiger partial charge is 0.235 e. The number of oxime groups is 1. The number of nitrogens with zero attached hydrogens (tertiary/aromatic N) is 1. The molecule has 0 aliphatic carbocycles. The second-order valence-electron chi connectivity index (χ2n) is 4.53. The average Bonchev–Trinajstić information content (AvgIpc) is 2.91. The summed E-state index contributed by atoms with van der Waals surface area (Å²) in [4.78, 5) is 12.2. The quantitative estimate of drug-likeness (QED) is 0.342. The molecule has 6 heteroatoms. The number of amidine groups is 1. The van der Waals surface area contributed by atoms with Crippen LogP contribution in [0.3, 0.4) is 0 Å². The Hall–Kier alpha value is -2.08. The van der Waals surface area contributed by atoms with Crippen LogP contribution in [0.5, 0.6) is 0 Å². The summed E-state index contributed by atoms with van der Waals surface area (Å²) in [5.41, 5.74) is 6.29. The fourth-order valence-corrected chi connectivity index (χ4v) is 2.82. The minimum Gasteiger partial charge on any atom is -0.409 e. The number of fused-ring (bicyclic) bond motifs is 1. The third kappa shape index (κ3) is 3.08. The normalized spacial score (nSPS) is 13.3. The minimum atomic E-state index is -0.608. The number of hydrogen-bond donors (Lipinski definition) is 3. The predicted molar refractivity (Wildman–Crippen MR) is 82.3 cm³/mol. The molecule has 0 fully saturated rings. The van der Waals surface area contributed by atoms with Crippen molar-refractivity contribution in [1.82, 2.24) is 0 Å². The Morgan fingerprint density at radius 1 is 1.50 bits per heavy atom. The summed E-state index contributed by atoms with van der Waals surface area (Å²) in [6, 6.07) is 7.74. The highest BCUT2D eigenvalue weighted by molar-refractivity contribution is 7.17. The summed E-state index contributed by atoms with van der Waals surface area (Å²) in [5.74, 6) is -0.916. The zero-order valence-electron chi connectivity index (χ0n) is 11.2. The van der Waals surface area contributed by atoms with Gasteiger partial charge in [0.1, 0.15) is 0 Å². The first kappa shape index (κ1) is 14.3. The number of nitrogens with two attached hydrogens (primary N) is 1. The molecule has 1 unspecified atom stereocenters. The lowest BCUT2D eigenvalue weighted by Crippen LogP contribution is -2.34. The van der Waals surface area contributed by atoms with Gasteiger partial charge in [-0.1, -0.05) is 18.5 Å². The molecule has 20 heavy (non-hydrogen) atoms. The lowest BCUT2D eigenvalue weighted by molar-refractivity contribution is -0.118. The fourth-order valence-electron chi connectivity index (χ4n) is 2.05. The molecule has 106 valence electrons. The van der Waals surface area contributed by atoms with Crippen LogP contribution in [0.4, 0.5) is 5.69 Å². The topological polar surface area (TPSA) is 87.7 Å². The SMILES string of the molecule is CCCC(C(=O)Nc1ccc2sccc2c1)C(N)=NO. The van der Waals surface area contributed by atoms with E-state index < -0.39 is 5.92 Å². The molecule has 0 saturated carbocycles. The number of nitrogens with one attached hydrogen (secondary N) is 1. The van der Waals surface area contributed by atoms with E-state index in [1.54, 1.807) is 11.3 Å². The maximum absolute atomic E-state index is 12.2. The van der Waals surface area contributed by atoms with Gasteiger partial charge < -0.3 is 16.3 Å². The number of benzene rings is 1. The lowest BCUT2D eigenvalue weighted by atomic mass is 10.0. The molecule has 1 aromatic heterocycles. The molecule has 1 amide bonds. The van der Waals surface area contributed by atoms with Crippen LogP contribution in [0.2, 0.25) is 0 Å². The zero-order chi connectivity index (χ0) is 14.5. The van der Waals surface area contributed by atoms with Gasteiger partial charge >= 0.3 is 0 Å². The van der Waals surface area contributed by atoms with E-state index in [4.69, 9.17) is 10.9 Å². The van der Waals surface area contributed by atoms with E-state index >= 15 is 0 Å². The van der Waals surface area contributed by atoms with Crippen LogP contribution in [0, 0.1) is 5.92 Å². The molecular formula is C14H17N3O2S. The average molecular weight is 291 g/mol. The monoisotopic (exact) mass is 291 g/mol. The van der Waals surface area contributed by atoms with Gasteiger partial charge in [0.05, 0.1) is 5.92 Å². The Morgan fingerprint density at radius 2 is 2.30 bits per heavy atom. The van der Waals surface area contributed by atoms with Crippen LogP contribution >= 0.6 is 11.3 Å². The van der Waals surface area contributed by atoms with Gasteiger partial charge in [-0.15, -0.1) is 11.3 Å². The Morgan fingerprint density at radius 3 is 3.00 bits per heavy atom. The number of amides is 1. The summed E-state index contributed by atoms with van der Waals surface area (Å²) in [7, 11) is 0. The highest BCUT2D eigenvalue weighted by Gasteiger charge is 2.22. The number of thiophene rings is 1. The largest absolute Gasteiger partial charge is 0.409 e. The van der Waals surface area contributed by atoms with Crippen molar-refractivity contribution in [2.45, 2.75) is 19.8 Å². The standard InChI is InChI=1S/C14H17N3O2S/c1-2-3-11(13(15)17-19)14(18)16-10-4-5-12-9(8-10)6-7-20-12/h4-8,11,19H,2-3H2,1H3,(H2,15,17)(H,16,18). The van der Waals surface area contributed by atoms with Crippen molar-refractivity contribution >= 4 is 38.9 Å². The van der Waals surface area contributed by atoms with Gasteiger partial charge in [0.15, 0.2) is 5.84 Å². The molecule has 0 radical (unpaired) electrons. The first-order valence-electron chi connectivity index (χ1n) is 6.41. The third-order valence-corrected chi connectivity index (χ3v) is 3.98. The first-order valence-corrected chi connectivity index (χ1v) is 7.29. The van der Waals surface area contributed by atoms with Crippen LogP contribution in [0.1, 0.15) is 19.8 Å². The molecule has 0 spiro atoms. The molecule has 0 aliphatic heterocycles. The van der Waals surface area contributed by atoms with E-state index in [2.05, 4.69) is 10.5 Å². The van der Waals surface area contributed by atoms with Crippen LogP contribution in [0.15, 0.2) is 34.8 Å². The molecule has 2 rings (SSSR count). The lowest BCUT2D eigenvalue weighted by Gasteiger charge is -2.14. The Labute approximate surface area is 121 Å². The van der Waals surface area contributed by atoms with Gasteiger partial charge in [-0.3, -0.25) is 4.79 Å². The number of carbonyl (C=O) groups is 1. The van der Waals surface area contributed by atoms with E-state index in [0.29, 0.717) is 12.1 Å². The molecule has 5 nitrogen and oxygen atoms in total. The second-order valence-corrected chi connectivity index (χ2v) is 5.48. The molecule has 1 heterocycles. The van der Waals surface area contributed by atoms with Crippen molar-refractivity contribution in [3.8, 4) is 0 Å². The number of carbonyl (C=O) groups excluding carboxylic acids is 1. The predicted octanol–water partition coefficient (Wildman–Crippen LogP) is 3.00. The van der Waals surface area contributed by atoms with Crippen molar-refractivity contribution in [2.24, 2.45) is 16.8 Å². The molecule has 2 aromatic rings. The Bertz CT molecular complexity index is 636. The van der Waals surface area contributed by atoms with E-state index in [0.717, 1.165) is 11.8 Å². The van der Waals surface area contributed by atoms with E-state index in [1.165, 1.54) is 4.70 Å². The number of rotatable bonds is 5. The van der Waals surface area contributed by atoms with E-state index in [1.807, 2.05) is 36.6 Å². The summed E-state index contributed by atoms with van der Waals surface area (Å²) in [6.07, 6.45) is 1.32. The summed E-state index contributed by atoms with van der Waals surface area (Å²) in [5, 5.41) is 17.6. The molecule has 0 aliphatic rings. The van der Waals surface area contributed by atoms with Gasteiger partial charge in [-0.25, -0.2) is 0 Å². The molecule has 0 saturated heterocycles. The molecule has 1 aromatic carbocycles. The number of hydrogen-bond acceptors (Lipinski definition) is 4. The minimum absolute atomic E-state index is 0.0547. The highest BCUT2D eigenvalue weighted by Crippen LogP contribution is 2.24. The fraction of sp³-hybridized carbons (Fsp3) is 0.286. The van der Waals surface area contributed by atoms with Crippen molar-refractivity contribution in [3.63, 3.8) is 0 Å². The van der Waals surface area contributed by atoms with Crippen LogP contribution in [-0.4, -0.2) is 17.0 Å². The molecular weight excluding hydrogens is 274 g/mol.